The van der Waals surface area contributed by atoms with E-state index in [1.165, 1.54) is 25.9 Å². The zero-order chi connectivity index (χ0) is 7.40. The van der Waals surface area contributed by atoms with E-state index in [0.29, 0.717) is 0 Å². The van der Waals surface area contributed by atoms with Crippen molar-refractivity contribution >= 4 is 28.3 Å². The number of nitrogens with zero attached hydrogens (tertiary/aromatic N) is 1. The van der Waals surface area contributed by atoms with Crippen LogP contribution in [0.2, 0.25) is 0 Å². The number of thioether (sulfide) groups is 1. The van der Waals surface area contributed by atoms with Crippen molar-refractivity contribution in [2.45, 2.75) is 19.8 Å². The van der Waals surface area contributed by atoms with E-state index in [2.05, 4.69) is 11.8 Å². The first-order valence-electron chi connectivity index (χ1n) is 3.76. The second-order valence-electron chi connectivity index (χ2n) is 2.39. The molecule has 1 aliphatic heterocycles. The first-order chi connectivity index (χ1) is 4.84. The van der Waals surface area contributed by atoms with Gasteiger partial charge in [0.2, 0.25) is 0 Å². The summed E-state index contributed by atoms with van der Waals surface area (Å²) in [6, 6.07) is 0. The van der Waals surface area contributed by atoms with Gasteiger partial charge in [-0.05, 0) is 18.6 Å². The van der Waals surface area contributed by atoms with Crippen molar-refractivity contribution in [3.63, 3.8) is 0 Å². The van der Waals surface area contributed by atoms with E-state index in [-0.39, 0.29) is 0 Å². The molecule has 0 N–H and O–H groups in total. The van der Waals surface area contributed by atoms with Crippen LogP contribution in [0.5, 0.6) is 0 Å². The van der Waals surface area contributed by atoms with Crippen molar-refractivity contribution in [2.75, 3.05) is 18.8 Å². The highest BCUT2D eigenvalue weighted by atomic mass is 32.2. The highest BCUT2D eigenvalue weighted by Gasteiger charge is 2.13. The Labute approximate surface area is 72.2 Å². The number of rotatable bonds is 1. The van der Waals surface area contributed by atoms with Gasteiger partial charge in [0.15, 0.2) is 0 Å². The Hall–Kier alpha value is 0.240. The number of hydrogen-bond donors (Lipinski definition) is 0. The second-order valence-corrected chi connectivity index (χ2v) is 4.29. The van der Waals surface area contributed by atoms with Crippen LogP contribution in [0.15, 0.2) is 0 Å². The standard InChI is InChI=1S/C7H13NS2/c1-2-10-7(9)8-5-3-4-6-8/h2-6H2,1H3. The minimum Gasteiger partial charge on any atom is -0.358 e. The molecule has 1 nitrogen and oxygen atoms in total. The van der Waals surface area contributed by atoms with Crippen molar-refractivity contribution in [1.82, 2.24) is 4.90 Å². The zero-order valence-corrected chi connectivity index (χ0v) is 7.93. The number of likely N-dealkylation sites (tertiary alicyclic amines) is 1. The summed E-state index contributed by atoms with van der Waals surface area (Å²) in [4.78, 5) is 2.31. The summed E-state index contributed by atoms with van der Waals surface area (Å²) in [5.74, 6) is 1.11. The lowest BCUT2D eigenvalue weighted by molar-refractivity contribution is 0.539. The highest BCUT2D eigenvalue weighted by molar-refractivity contribution is 8.22. The Morgan fingerprint density at radius 1 is 1.50 bits per heavy atom. The van der Waals surface area contributed by atoms with Gasteiger partial charge in [-0.1, -0.05) is 30.9 Å². The van der Waals surface area contributed by atoms with Crippen LogP contribution in [0.3, 0.4) is 0 Å². The molecule has 0 unspecified atom stereocenters. The van der Waals surface area contributed by atoms with Crippen molar-refractivity contribution in [3.8, 4) is 0 Å². The fourth-order valence-electron chi connectivity index (χ4n) is 1.11. The van der Waals surface area contributed by atoms with E-state index in [9.17, 15) is 0 Å². The number of thiocarbonyl (C=S) groups is 1. The third kappa shape index (κ3) is 2.13. The van der Waals surface area contributed by atoms with Gasteiger partial charge in [0.1, 0.15) is 4.32 Å². The minimum absolute atomic E-state index is 1.10. The fraction of sp³-hybridized carbons (Fsp3) is 0.857. The molecule has 58 valence electrons. The van der Waals surface area contributed by atoms with Crippen molar-refractivity contribution in [2.24, 2.45) is 0 Å². The lowest BCUT2D eigenvalue weighted by atomic mass is 10.4. The largest absolute Gasteiger partial charge is 0.358 e. The molecule has 1 heterocycles. The lowest BCUT2D eigenvalue weighted by Gasteiger charge is -2.16. The molecule has 0 saturated carbocycles. The van der Waals surface area contributed by atoms with Crippen LogP contribution in [0, 0.1) is 0 Å². The molecule has 1 rings (SSSR count). The van der Waals surface area contributed by atoms with Crippen molar-refractivity contribution in [3.05, 3.63) is 0 Å². The average molecular weight is 175 g/mol. The summed E-state index contributed by atoms with van der Waals surface area (Å²) in [5, 5.41) is 0. The number of hydrogen-bond acceptors (Lipinski definition) is 2. The smallest absolute Gasteiger partial charge is 0.136 e. The van der Waals surface area contributed by atoms with E-state index < -0.39 is 0 Å². The monoisotopic (exact) mass is 175 g/mol. The van der Waals surface area contributed by atoms with Gasteiger partial charge in [-0.25, -0.2) is 0 Å². The van der Waals surface area contributed by atoms with E-state index in [1.807, 2.05) is 0 Å². The van der Waals surface area contributed by atoms with Crippen LogP contribution in [0.1, 0.15) is 19.8 Å². The van der Waals surface area contributed by atoms with Crippen LogP contribution < -0.4 is 0 Å². The van der Waals surface area contributed by atoms with Crippen LogP contribution in [-0.4, -0.2) is 28.1 Å². The van der Waals surface area contributed by atoms with E-state index >= 15 is 0 Å². The van der Waals surface area contributed by atoms with Gasteiger partial charge in [-0.3, -0.25) is 0 Å². The van der Waals surface area contributed by atoms with E-state index in [0.717, 1.165) is 10.1 Å². The summed E-state index contributed by atoms with van der Waals surface area (Å²) in [6.45, 7) is 4.52. The van der Waals surface area contributed by atoms with E-state index in [1.54, 1.807) is 11.8 Å². The van der Waals surface area contributed by atoms with Crippen LogP contribution in [-0.2, 0) is 0 Å². The van der Waals surface area contributed by atoms with Gasteiger partial charge in [-0.2, -0.15) is 0 Å². The van der Waals surface area contributed by atoms with Gasteiger partial charge in [-0.15, -0.1) is 0 Å². The molecule has 0 radical (unpaired) electrons. The predicted octanol–water partition coefficient (Wildman–Crippen LogP) is 2.12. The third-order valence-corrected chi connectivity index (χ3v) is 3.04. The summed E-state index contributed by atoms with van der Waals surface area (Å²) in [6.07, 6.45) is 2.65. The molecule has 1 aliphatic rings. The summed E-state index contributed by atoms with van der Waals surface area (Å²) >= 11 is 6.99. The van der Waals surface area contributed by atoms with Crippen LogP contribution >= 0.6 is 24.0 Å². The van der Waals surface area contributed by atoms with Crippen molar-refractivity contribution in [1.29, 1.82) is 0 Å². The molecule has 1 fully saturated rings. The molecule has 3 heteroatoms. The minimum atomic E-state index is 1.10. The zero-order valence-electron chi connectivity index (χ0n) is 6.30. The lowest BCUT2D eigenvalue weighted by Crippen LogP contribution is -2.23. The van der Waals surface area contributed by atoms with Gasteiger partial charge in [0, 0.05) is 13.1 Å². The molecule has 0 aromatic heterocycles. The maximum absolute atomic E-state index is 5.20. The molecule has 10 heavy (non-hydrogen) atoms. The van der Waals surface area contributed by atoms with Crippen LogP contribution in [0.4, 0.5) is 0 Å². The molecule has 0 amide bonds. The topological polar surface area (TPSA) is 3.24 Å². The normalized spacial score (nSPS) is 17.9. The highest BCUT2D eigenvalue weighted by Crippen LogP contribution is 2.15. The molecule has 0 bridgehead atoms. The van der Waals surface area contributed by atoms with Gasteiger partial charge < -0.3 is 4.90 Å². The molecule has 1 saturated heterocycles. The summed E-state index contributed by atoms with van der Waals surface area (Å²) in [5.41, 5.74) is 0. The maximum Gasteiger partial charge on any atom is 0.136 e. The van der Waals surface area contributed by atoms with Gasteiger partial charge >= 0.3 is 0 Å². The summed E-state index contributed by atoms with van der Waals surface area (Å²) in [7, 11) is 0. The molecule has 0 spiro atoms. The molecule has 0 aromatic rings. The first-order valence-corrected chi connectivity index (χ1v) is 5.15. The molecule has 0 atom stereocenters. The van der Waals surface area contributed by atoms with Gasteiger partial charge in [0.05, 0.1) is 0 Å². The Balaban J connectivity index is 2.25. The SMILES string of the molecule is CCSC(=S)N1CCCC1. The first kappa shape index (κ1) is 8.34. The Morgan fingerprint density at radius 3 is 2.60 bits per heavy atom. The fourth-order valence-corrected chi connectivity index (χ4v) is 2.26. The Kier molecular flexibility index (Phi) is 3.49. The van der Waals surface area contributed by atoms with Gasteiger partial charge in [0.25, 0.3) is 0 Å². The maximum atomic E-state index is 5.20. The molecular weight excluding hydrogens is 162 g/mol. The summed E-state index contributed by atoms with van der Waals surface area (Å²) < 4.78 is 1.10. The molecule has 0 aliphatic carbocycles. The molecular formula is C7H13NS2. The Bertz CT molecular complexity index is 119. The second kappa shape index (κ2) is 4.19. The Morgan fingerprint density at radius 2 is 2.10 bits per heavy atom. The third-order valence-electron chi connectivity index (χ3n) is 1.63. The quantitative estimate of drug-likeness (QED) is 0.562. The van der Waals surface area contributed by atoms with Crippen molar-refractivity contribution < 1.29 is 0 Å². The predicted molar refractivity (Wildman–Crippen MR) is 51.5 cm³/mol. The van der Waals surface area contributed by atoms with Crippen LogP contribution in [0.25, 0.3) is 0 Å². The van der Waals surface area contributed by atoms with E-state index in [4.69, 9.17) is 12.2 Å². The molecule has 0 aromatic carbocycles. The average Bonchev–Trinajstić information content (AvgIpc) is 2.38.